The first-order valence-corrected chi connectivity index (χ1v) is 9.81. The van der Waals surface area contributed by atoms with Crippen LogP contribution in [0.5, 0.6) is 0 Å². The van der Waals surface area contributed by atoms with Crippen molar-refractivity contribution in [2.75, 3.05) is 19.6 Å². The van der Waals surface area contributed by atoms with E-state index in [0.717, 1.165) is 19.0 Å². The van der Waals surface area contributed by atoms with Gasteiger partial charge in [-0.15, -0.1) is 0 Å². The fraction of sp³-hybridized carbons (Fsp3) is 0.667. The molecule has 3 atom stereocenters. The van der Waals surface area contributed by atoms with Crippen LogP contribution in [0, 0.1) is 17.3 Å². The Labute approximate surface area is 151 Å². The maximum Gasteiger partial charge on any atom is 0.310 e. The average molecular weight is 344 g/mol. The highest BCUT2D eigenvalue weighted by Gasteiger charge is 2.43. The first-order chi connectivity index (χ1) is 12.1. The van der Waals surface area contributed by atoms with Crippen LogP contribution in [0.25, 0.3) is 0 Å². The second-order valence-corrected chi connectivity index (χ2v) is 7.96. The van der Waals surface area contributed by atoms with Gasteiger partial charge in [0.1, 0.15) is 0 Å². The molecule has 1 aliphatic heterocycles. The maximum absolute atomic E-state index is 11.7. The standard InChI is InChI=1S/C21H32N2O2/c1-3-21(4-2,20(24)25)15-22-19-11-10-17-13-23(14-18(17)19)12-16-8-6-5-7-9-16/h5-9,17-19,22H,3-4,10-15H2,1-2H3,(H,24,25). The minimum Gasteiger partial charge on any atom is -0.481 e. The lowest BCUT2D eigenvalue weighted by molar-refractivity contribution is -0.149. The van der Waals surface area contributed by atoms with Gasteiger partial charge in [0.05, 0.1) is 5.41 Å². The smallest absolute Gasteiger partial charge is 0.310 e. The number of hydrogen-bond acceptors (Lipinski definition) is 3. The molecule has 1 aliphatic carbocycles. The van der Waals surface area contributed by atoms with Crippen LogP contribution in [-0.4, -0.2) is 41.7 Å². The van der Waals surface area contributed by atoms with Gasteiger partial charge in [-0.3, -0.25) is 9.69 Å². The number of carbonyl (C=O) groups is 1. The summed E-state index contributed by atoms with van der Waals surface area (Å²) in [5.74, 6) is 0.782. The highest BCUT2D eigenvalue weighted by Crippen LogP contribution is 2.39. The number of carboxylic acid groups (broad SMARTS) is 1. The minimum absolute atomic E-state index is 0.475. The van der Waals surface area contributed by atoms with E-state index in [1.165, 1.54) is 24.9 Å². The van der Waals surface area contributed by atoms with Gasteiger partial charge in [-0.1, -0.05) is 44.2 Å². The summed E-state index contributed by atoms with van der Waals surface area (Å²) in [6.07, 6.45) is 3.84. The van der Waals surface area contributed by atoms with Crippen molar-refractivity contribution < 1.29 is 9.90 Å². The van der Waals surface area contributed by atoms with Gasteiger partial charge in [0.25, 0.3) is 0 Å². The normalized spacial score (nSPS) is 26.7. The van der Waals surface area contributed by atoms with Gasteiger partial charge < -0.3 is 10.4 Å². The van der Waals surface area contributed by atoms with E-state index in [2.05, 4.69) is 40.5 Å². The molecule has 3 rings (SSSR count). The van der Waals surface area contributed by atoms with Crippen molar-refractivity contribution in [3.05, 3.63) is 35.9 Å². The summed E-state index contributed by atoms with van der Waals surface area (Å²) in [4.78, 5) is 14.3. The Morgan fingerprint density at radius 2 is 1.92 bits per heavy atom. The first kappa shape index (κ1) is 18.4. The van der Waals surface area contributed by atoms with Gasteiger partial charge in [0, 0.05) is 32.2 Å². The molecule has 0 aromatic heterocycles. The summed E-state index contributed by atoms with van der Waals surface area (Å²) in [6.45, 7) is 7.94. The average Bonchev–Trinajstić information content (AvgIpc) is 3.17. The lowest BCUT2D eigenvalue weighted by Gasteiger charge is -2.30. The Bertz CT molecular complexity index is 571. The Kier molecular flexibility index (Phi) is 5.80. The molecule has 4 heteroatoms. The monoisotopic (exact) mass is 344 g/mol. The lowest BCUT2D eigenvalue weighted by Crippen LogP contribution is -2.46. The molecular weight excluding hydrogens is 312 g/mol. The summed E-state index contributed by atoms with van der Waals surface area (Å²) in [7, 11) is 0. The van der Waals surface area contributed by atoms with Gasteiger partial charge in [-0.25, -0.2) is 0 Å². The van der Waals surface area contributed by atoms with Crippen molar-refractivity contribution in [3.8, 4) is 0 Å². The van der Waals surface area contributed by atoms with Gasteiger partial charge in [0.2, 0.25) is 0 Å². The highest BCUT2D eigenvalue weighted by molar-refractivity contribution is 5.74. The molecule has 2 aliphatic rings. The summed E-state index contributed by atoms with van der Waals surface area (Å²) >= 11 is 0. The number of carboxylic acids is 1. The maximum atomic E-state index is 11.7. The van der Waals surface area contributed by atoms with Crippen LogP contribution in [0.1, 0.15) is 45.1 Å². The summed E-state index contributed by atoms with van der Waals surface area (Å²) in [6, 6.07) is 11.2. The third-order valence-corrected chi connectivity index (χ3v) is 6.69. The predicted molar refractivity (Wildman–Crippen MR) is 100 cm³/mol. The molecule has 2 fully saturated rings. The zero-order chi connectivity index (χ0) is 17.9. The number of likely N-dealkylation sites (tertiary alicyclic amines) is 1. The molecule has 1 saturated heterocycles. The first-order valence-electron chi connectivity index (χ1n) is 9.81. The topological polar surface area (TPSA) is 52.6 Å². The molecule has 3 unspecified atom stereocenters. The third kappa shape index (κ3) is 3.90. The molecule has 1 aromatic carbocycles. The van der Waals surface area contributed by atoms with Crippen LogP contribution in [0.4, 0.5) is 0 Å². The van der Waals surface area contributed by atoms with E-state index in [9.17, 15) is 9.90 Å². The number of fused-ring (bicyclic) bond motifs is 1. The fourth-order valence-electron chi connectivity index (χ4n) is 4.79. The van der Waals surface area contributed by atoms with Gasteiger partial charge in [0.15, 0.2) is 0 Å². The number of benzene rings is 1. The van der Waals surface area contributed by atoms with E-state index in [4.69, 9.17) is 0 Å². The Morgan fingerprint density at radius 3 is 2.56 bits per heavy atom. The molecule has 2 N–H and O–H groups in total. The molecule has 0 amide bonds. The fourth-order valence-corrected chi connectivity index (χ4v) is 4.79. The summed E-state index contributed by atoms with van der Waals surface area (Å²) < 4.78 is 0. The van der Waals surface area contributed by atoms with E-state index >= 15 is 0 Å². The van der Waals surface area contributed by atoms with E-state index in [1.807, 2.05) is 13.8 Å². The Morgan fingerprint density at radius 1 is 1.20 bits per heavy atom. The Hall–Kier alpha value is -1.39. The largest absolute Gasteiger partial charge is 0.481 e. The summed E-state index contributed by atoms with van der Waals surface area (Å²) in [5, 5.41) is 13.3. The number of aliphatic carboxylic acids is 1. The predicted octanol–water partition coefficient (Wildman–Crippen LogP) is 3.38. The Balaban J connectivity index is 1.56. The van der Waals surface area contributed by atoms with Crippen molar-refractivity contribution >= 4 is 5.97 Å². The van der Waals surface area contributed by atoms with Crippen LogP contribution in [0.3, 0.4) is 0 Å². The minimum atomic E-state index is -0.656. The van der Waals surface area contributed by atoms with Crippen molar-refractivity contribution in [2.45, 2.75) is 52.1 Å². The molecule has 0 spiro atoms. The molecule has 0 bridgehead atoms. The van der Waals surface area contributed by atoms with Gasteiger partial charge in [-0.2, -0.15) is 0 Å². The van der Waals surface area contributed by atoms with Gasteiger partial charge >= 0.3 is 5.97 Å². The van der Waals surface area contributed by atoms with Crippen molar-refractivity contribution in [1.29, 1.82) is 0 Å². The van der Waals surface area contributed by atoms with Crippen molar-refractivity contribution in [3.63, 3.8) is 0 Å². The molecule has 0 radical (unpaired) electrons. The van der Waals surface area contributed by atoms with E-state index in [0.29, 0.717) is 31.3 Å². The zero-order valence-corrected chi connectivity index (χ0v) is 15.6. The molecule has 1 heterocycles. The molecule has 138 valence electrons. The highest BCUT2D eigenvalue weighted by atomic mass is 16.4. The SMILES string of the molecule is CCC(CC)(CNC1CCC2CN(Cc3ccccc3)CC21)C(=O)O. The van der Waals surface area contributed by atoms with Crippen molar-refractivity contribution in [1.82, 2.24) is 10.2 Å². The summed E-state index contributed by atoms with van der Waals surface area (Å²) in [5.41, 5.74) is 0.772. The zero-order valence-electron chi connectivity index (χ0n) is 15.6. The second-order valence-electron chi connectivity index (χ2n) is 7.96. The van der Waals surface area contributed by atoms with Crippen molar-refractivity contribution in [2.24, 2.45) is 17.3 Å². The number of hydrogen-bond donors (Lipinski definition) is 2. The quantitative estimate of drug-likeness (QED) is 0.759. The van der Waals surface area contributed by atoms with E-state index in [-0.39, 0.29) is 0 Å². The second kappa shape index (κ2) is 7.88. The number of nitrogens with one attached hydrogen (secondary N) is 1. The van der Waals surface area contributed by atoms with Crippen LogP contribution in [0.2, 0.25) is 0 Å². The van der Waals surface area contributed by atoms with Gasteiger partial charge in [-0.05, 0) is 43.1 Å². The van der Waals surface area contributed by atoms with Crippen LogP contribution in [0.15, 0.2) is 30.3 Å². The molecule has 1 saturated carbocycles. The number of nitrogens with zero attached hydrogens (tertiary/aromatic N) is 1. The lowest BCUT2D eigenvalue weighted by atomic mass is 9.82. The van der Waals surface area contributed by atoms with E-state index in [1.54, 1.807) is 0 Å². The van der Waals surface area contributed by atoms with Crippen LogP contribution in [-0.2, 0) is 11.3 Å². The molecule has 1 aromatic rings. The van der Waals surface area contributed by atoms with Crippen LogP contribution >= 0.6 is 0 Å². The molecular formula is C21H32N2O2. The third-order valence-electron chi connectivity index (χ3n) is 6.69. The van der Waals surface area contributed by atoms with E-state index < -0.39 is 11.4 Å². The molecule has 25 heavy (non-hydrogen) atoms. The molecule has 4 nitrogen and oxygen atoms in total. The number of rotatable bonds is 8. The van der Waals surface area contributed by atoms with Crippen LogP contribution < -0.4 is 5.32 Å².